The minimum Gasteiger partial charge on any atom is -0.360 e. The van der Waals surface area contributed by atoms with Gasteiger partial charge in [0, 0.05) is 6.61 Å². The quantitative estimate of drug-likeness (QED) is 0.790. The van der Waals surface area contributed by atoms with Gasteiger partial charge in [-0.3, -0.25) is 9.89 Å². The van der Waals surface area contributed by atoms with Crippen LogP contribution < -0.4 is 5.32 Å². The molecular weight excluding hydrogens is 349 g/mol. The number of halogens is 1. The lowest BCUT2D eigenvalue weighted by Gasteiger charge is -2.01. The lowest BCUT2D eigenvalue weighted by Crippen LogP contribution is -2.13. The molecule has 0 aliphatic carbocycles. The number of hydrogen-bond donors (Lipinski definition) is 2. The van der Waals surface area contributed by atoms with Crippen molar-refractivity contribution in [3.05, 3.63) is 27.9 Å². The molecule has 96 valence electrons. The first-order chi connectivity index (χ1) is 8.70. The SMILES string of the molecule is CCOCn1cc(NC(=O)c2[nH]ncc2I)cn1. The number of ether oxygens (including phenoxy) is 1. The molecule has 0 saturated heterocycles. The van der Waals surface area contributed by atoms with Crippen molar-refractivity contribution in [3.8, 4) is 0 Å². The second-order valence-electron chi connectivity index (χ2n) is 3.44. The molecule has 0 atom stereocenters. The monoisotopic (exact) mass is 361 g/mol. The van der Waals surface area contributed by atoms with E-state index in [1.807, 2.05) is 29.5 Å². The molecule has 2 aromatic rings. The zero-order chi connectivity index (χ0) is 13.0. The van der Waals surface area contributed by atoms with E-state index in [2.05, 4.69) is 20.6 Å². The molecule has 18 heavy (non-hydrogen) atoms. The Morgan fingerprint density at radius 1 is 1.61 bits per heavy atom. The van der Waals surface area contributed by atoms with E-state index >= 15 is 0 Å². The van der Waals surface area contributed by atoms with Crippen LogP contribution in [0.4, 0.5) is 5.69 Å². The highest BCUT2D eigenvalue weighted by atomic mass is 127. The summed E-state index contributed by atoms with van der Waals surface area (Å²) in [6.07, 6.45) is 4.87. The summed E-state index contributed by atoms with van der Waals surface area (Å²) >= 11 is 2.04. The van der Waals surface area contributed by atoms with Crippen LogP contribution in [0.1, 0.15) is 17.4 Å². The highest BCUT2D eigenvalue weighted by Crippen LogP contribution is 2.11. The summed E-state index contributed by atoms with van der Waals surface area (Å²) < 4.78 is 7.58. The van der Waals surface area contributed by atoms with E-state index in [0.29, 0.717) is 24.7 Å². The molecule has 2 N–H and O–H groups in total. The van der Waals surface area contributed by atoms with Crippen LogP contribution in [0.3, 0.4) is 0 Å². The molecule has 0 bridgehead atoms. The van der Waals surface area contributed by atoms with Crippen LogP contribution in [0.25, 0.3) is 0 Å². The van der Waals surface area contributed by atoms with E-state index in [1.165, 1.54) is 0 Å². The third kappa shape index (κ3) is 3.07. The van der Waals surface area contributed by atoms with Crippen molar-refractivity contribution < 1.29 is 9.53 Å². The zero-order valence-corrected chi connectivity index (χ0v) is 11.8. The molecule has 2 rings (SSSR count). The van der Waals surface area contributed by atoms with Gasteiger partial charge in [0.15, 0.2) is 0 Å². The van der Waals surface area contributed by atoms with Crippen LogP contribution in [-0.2, 0) is 11.5 Å². The largest absolute Gasteiger partial charge is 0.360 e. The van der Waals surface area contributed by atoms with Crippen molar-refractivity contribution >= 4 is 34.2 Å². The van der Waals surface area contributed by atoms with Crippen LogP contribution in [0.15, 0.2) is 18.6 Å². The Labute approximate surface area is 117 Å². The molecular formula is C10H12IN5O2. The van der Waals surface area contributed by atoms with Crippen molar-refractivity contribution in [3.63, 3.8) is 0 Å². The maximum Gasteiger partial charge on any atom is 0.274 e. The summed E-state index contributed by atoms with van der Waals surface area (Å²) in [6, 6.07) is 0. The molecule has 0 spiro atoms. The van der Waals surface area contributed by atoms with Crippen molar-refractivity contribution in [2.45, 2.75) is 13.7 Å². The van der Waals surface area contributed by atoms with Crippen molar-refractivity contribution in [2.75, 3.05) is 11.9 Å². The minimum atomic E-state index is -0.243. The molecule has 0 aromatic carbocycles. The summed E-state index contributed by atoms with van der Waals surface area (Å²) in [6.45, 7) is 2.90. The molecule has 1 amide bonds. The number of rotatable bonds is 5. The standard InChI is InChI=1S/C10H12IN5O2/c1-2-18-6-16-5-7(3-13-16)14-10(17)9-8(11)4-12-15-9/h3-5H,2,6H2,1H3,(H,12,15)(H,14,17). The molecule has 0 fully saturated rings. The average molecular weight is 361 g/mol. The third-order valence-electron chi connectivity index (χ3n) is 2.14. The summed E-state index contributed by atoms with van der Waals surface area (Å²) in [5.74, 6) is -0.243. The van der Waals surface area contributed by atoms with Gasteiger partial charge in [-0.1, -0.05) is 0 Å². The predicted molar refractivity (Wildman–Crippen MR) is 73.1 cm³/mol. The number of carbonyl (C=O) groups excluding carboxylic acids is 1. The van der Waals surface area contributed by atoms with Gasteiger partial charge in [0.25, 0.3) is 5.91 Å². The number of aromatic nitrogens is 4. The van der Waals surface area contributed by atoms with Gasteiger partial charge in [0.2, 0.25) is 0 Å². The molecule has 0 unspecified atom stereocenters. The second kappa shape index (κ2) is 5.96. The second-order valence-corrected chi connectivity index (χ2v) is 4.60. The fraction of sp³-hybridized carbons (Fsp3) is 0.300. The smallest absolute Gasteiger partial charge is 0.274 e. The Hall–Kier alpha value is -1.42. The minimum absolute atomic E-state index is 0.243. The van der Waals surface area contributed by atoms with Gasteiger partial charge in [-0.2, -0.15) is 10.2 Å². The lowest BCUT2D eigenvalue weighted by molar-refractivity contribution is 0.0792. The fourth-order valence-corrected chi connectivity index (χ4v) is 1.81. The van der Waals surface area contributed by atoms with Crippen LogP contribution >= 0.6 is 22.6 Å². The maximum atomic E-state index is 11.9. The first kappa shape index (κ1) is 13.0. The number of nitrogens with one attached hydrogen (secondary N) is 2. The van der Waals surface area contributed by atoms with Crippen LogP contribution in [0.5, 0.6) is 0 Å². The predicted octanol–water partition coefficient (Wildman–Crippen LogP) is 1.46. The highest BCUT2D eigenvalue weighted by Gasteiger charge is 2.12. The van der Waals surface area contributed by atoms with E-state index in [1.54, 1.807) is 23.3 Å². The normalized spacial score (nSPS) is 10.6. The van der Waals surface area contributed by atoms with Crippen molar-refractivity contribution in [1.82, 2.24) is 20.0 Å². The molecule has 0 aliphatic rings. The van der Waals surface area contributed by atoms with E-state index in [4.69, 9.17) is 4.74 Å². The van der Waals surface area contributed by atoms with Gasteiger partial charge >= 0.3 is 0 Å². The molecule has 7 nitrogen and oxygen atoms in total. The van der Waals surface area contributed by atoms with Crippen LogP contribution in [0.2, 0.25) is 0 Å². The zero-order valence-electron chi connectivity index (χ0n) is 9.68. The highest BCUT2D eigenvalue weighted by molar-refractivity contribution is 14.1. The Morgan fingerprint density at radius 2 is 2.44 bits per heavy atom. The van der Waals surface area contributed by atoms with E-state index < -0.39 is 0 Å². The first-order valence-corrected chi connectivity index (χ1v) is 6.39. The van der Waals surface area contributed by atoms with Gasteiger partial charge in [-0.15, -0.1) is 0 Å². The number of anilines is 1. The number of aromatic amines is 1. The molecule has 0 saturated carbocycles. The molecule has 8 heteroatoms. The van der Waals surface area contributed by atoms with Gasteiger partial charge in [-0.05, 0) is 29.5 Å². The summed E-state index contributed by atoms with van der Waals surface area (Å²) in [5, 5.41) is 13.2. The van der Waals surface area contributed by atoms with Gasteiger partial charge in [0.1, 0.15) is 12.4 Å². The molecule has 0 aliphatic heterocycles. The summed E-state index contributed by atoms with van der Waals surface area (Å²) in [4.78, 5) is 11.9. The number of hydrogen-bond acceptors (Lipinski definition) is 4. The van der Waals surface area contributed by atoms with Crippen molar-refractivity contribution in [2.24, 2.45) is 0 Å². The Bertz CT molecular complexity index is 536. The summed E-state index contributed by atoms with van der Waals surface area (Å²) in [5.41, 5.74) is 1.05. The van der Waals surface area contributed by atoms with Crippen LogP contribution in [0, 0.1) is 3.57 Å². The van der Waals surface area contributed by atoms with E-state index in [0.717, 1.165) is 3.57 Å². The van der Waals surface area contributed by atoms with Crippen LogP contribution in [-0.4, -0.2) is 32.5 Å². The first-order valence-electron chi connectivity index (χ1n) is 5.31. The number of carbonyl (C=O) groups is 1. The Morgan fingerprint density at radius 3 is 3.11 bits per heavy atom. The van der Waals surface area contributed by atoms with Crippen molar-refractivity contribution in [1.29, 1.82) is 0 Å². The van der Waals surface area contributed by atoms with Gasteiger partial charge in [-0.25, -0.2) is 4.68 Å². The molecule has 2 aromatic heterocycles. The third-order valence-corrected chi connectivity index (χ3v) is 2.96. The topological polar surface area (TPSA) is 84.8 Å². The van der Waals surface area contributed by atoms with Gasteiger partial charge in [0.05, 0.1) is 27.8 Å². The van der Waals surface area contributed by atoms with E-state index in [-0.39, 0.29) is 5.91 Å². The Balaban J connectivity index is 1.99. The fourth-order valence-electron chi connectivity index (χ4n) is 1.31. The Kier molecular flexibility index (Phi) is 4.31. The molecule has 2 heterocycles. The van der Waals surface area contributed by atoms with Gasteiger partial charge < -0.3 is 10.1 Å². The molecule has 0 radical (unpaired) electrons. The summed E-state index contributed by atoms with van der Waals surface area (Å²) in [7, 11) is 0. The average Bonchev–Trinajstić information content (AvgIpc) is 2.95. The number of H-pyrrole nitrogens is 1. The number of amides is 1. The van der Waals surface area contributed by atoms with E-state index in [9.17, 15) is 4.79 Å². The lowest BCUT2D eigenvalue weighted by atomic mass is 10.4. The number of nitrogens with zero attached hydrogens (tertiary/aromatic N) is 3. The maximum absolute atomic E-state index is 11.9.